The normalized spacial score (nSPS) is 12.9. The van der Waals surface area contributed by atoms with Crippen molar-refractivity contribution in [2.75, 3.05) is 19.5 Å². The first-order valence-corrected chi connectivity index (χ1v) is 11.6. The molecule has 35 heavy (non-hydrogen) atoms. The molecule has 0 aliphatic carbocycles. The Labute approximate surface area is 208 Å². The molecule has 0 fully saturated rings. The van der Waals surface area contributed by atoms with Gasteiger partial charge in [-0.15, -0.1) is 0 Å². The van der Waals surface area contributed by atoms with Gasteiger partial charge in [0.2, 0.25) is 5.91 Å². The van der Waals surface area contributed by atoms with Crippen molar-refractivity contribution in [3.05, 3.63) is 59.7 Å². The van der Waals surface area contributed by atoms with E-state index in [1.165, 1.54) is 4.90 Å². The molecule has 0 saturated heterocycles. The predicted molar refractivity (Wildman–Crippen MR) is 136 cm³/mol. The Kier molecular flexibility index (Phi) is 9.28. The molecule has 8 nitrogen and oxygen atoms in total. The maximum absolute atomic E-state index is 13.6. The van der Waals surface area contributed by atoms with Gasteiger partial charge in [-0.2, -0.15) is 0 Å². The van der Waals surface area contributed by atoms with Gasteiger partial charge < -0.3 is 25.0 Å². The number of carbonyl (C=O) groups excluding carboxylic acids is 3. The summed E-state index contributed by atoms with van der Waals surface area (Å²) in [4.78, 5) is 40.9. The predicted octanol–water partition coefficient (Wildman–Crippen LogP) is 4.69. The van der Waals surface area contributed by atoms with Crippen LogP contribution in [0.15, 0.2) is 48.5 Å². The third-order valence-corrected chi connectivity index (χ3v) is 5.30. The molecule has 0 bridgehead atoms. The molecule has 3 amide bonds. The molecule has 190 valence electrons. The van der Waals surface area contributed by atoms with Gasteiger partial charge in [0.1, 0.15) is 23.4 Å². The number of methoxy groups -OCH3 is 1. The lowest BCUT2D eigenvalue weighted by molar-refractivity contribution is -0.140. The zero-order valence-corrected chi connectivity index (χ0v) is 21.8. The minimum Gasteiger partial charge on any atom is -0.497 e. The van der Waals surface area contributed by atoms with Crippen LogP contribution in [0.4, 0.5) is 10.5 Å². The average Bonchev–Trinajstić information content (AvgIpc) is 2.76. The van der Waals surface area contributed by atoms with E-state index in [1.54, 1.807) is 65.3 Å². The van der Waals surface area contributed by atoms with E-state index in [-0.39, 0.29) is 11.8 Å². The monoisotopic (exact) mass is 483 g/mol. The Morgan fingerprint density at radius 1 is 1.00 bits per heavy atom. The molecule has 2 aromatic rings. The molecule has 0 aromatic heterocycles. The Hall–Kier alpha value is -3.55. The Morgan fingerprint density at radius 2 is 1.63 bits per heavy atom. The largest absolute Gasteiger partial charge is 0.497 e. The van der Waals surface area contributed by atoms with Gasteiger partial charge in [0.05, 0.1) is 7.11 Å². The fourth-order valence-corrected chi connectivity index (χ4v) is 3.57. The maximum Gasteiger partial charge on any atom is 0.408 e. The van der Waals surface area contributed by atoms with Crippen LogP contribution in [0.25, 0.3) is 0 Å². The van der Waals surface area contributed by atoms with Gasteiger partial charge in [-0.1, -0.05) is 43.7 Å². The van der Waals surface area contributed by atoms with Crippen LogP contribution >= 0.6 is 0 Å². The summed E-state index contributed by atoms with van der Waals surface area (Å²) in [5.41, 5.74) is 1.48. The molecule has 0 aliphatic heterocycles. The number of nitrogens with zero attached hydrogens (tertiary/aromatic N) is 1. The number of nitrogens with one attached hydrogen (secondary N) is 2. The molecule has 2 rings (SSSR count). The number of hydrogen-bond acceptors (Lipinski definition) is 5. The molecule has 2 unspecified atom stereocenters. The van der Waals surface area contributed by atoms with Gasteiger partial charge in [0.25, 0.3) is 5.91 Å². The zero-order valence-electron chi connectivity index (χ0n) is 21.8. The number of ether oxygens (including phenoxy) is 2. The molecule has 2 aromatic carbocycles. The number of benzene rings is 2. The second-order valence-electron chi connectivity index (χ2n) is 9.85. The number of amides is 3. The van der Waals surface area contributed by atoms with Crippen LogP contribution in [0.5, 0.6) is 5.75 Å². The van der Waals surface area contributed by atoms with Crippen molar-refractivity contribution in [3.8, 4) is 5.75 Å². The minimum absolute atomic E-state index is 0.236. The highest BCUT2D eigenvalue weighted by atomic mass is 16.6. The van der Waals surface area contributed by atoms with Crippen LogP contribution in [0.3, 0.4) is 0 Å². The summed E-state index contributed by atoms with van der Waals surface area (Å²) < 4.78 is 10.5. The molecule has 8 heteroatoms. The van der Waals surface area contributed by atoms with E-state index in [0.29, 0.717) is 17.0 Å². The average molecular weight is 484 g/mol. The third kappa shape index (κ3) is 8.02. The number of anilines is 1. The van der Waals surface area contributed by atoms with Crippen molar-refractivity contribution in [3.63, 3.8) is 0 Å². The highest BCUT2D eigenvalue weighted by Crippen LogP contribution is 2.25. The minimum atomic E-state index is -0.925. The maximum atomic E-state index is 13.6. The highest BCUT2D eigenvalue weighted by molar-refractivity contribution is 5.99. The molecular formula is C27H37N3O5. The number of hydrogen-bond donors (Lipinski definition) is 2. The van der Waals surface area contributed by atoms with Crippen LogP contribution in [0.1, 0.15) is 51.8 Å². The SMILES string of the molecule is COc1ccc(NC(=O)C(c2cccc(C)c2)N(C)C(=O)C(NC(=O)OC(C)(C)C)C(C)C)cc1. The van der Waals surface area contributed by atoms with Crippen LogP contribution in [-0.4, -0.2) is 48.6 Å². The second kappa shape index (κ2) is 11.7. The zero-order chi connectivity index (χ0) is 26.3. The summed E-state index contributed by atoms with van der Waals surface area (Å²) in [6.45, 7) is 10.8. The summed E-state index contributed by atoms with van der Waals surface area (Å²) >= 11 is 0. The second-order valence-corrected chi connectivity index (χ2v) is 9.85. The van der Waals surface area contributed by atoms with Gasteiger partial charge in [-0.05, 0) is 63.4 Å². The molecule has 0 heterocycles. The molecule has 0 aliphatic rings. The van der Waals surface area contributed by atoms with E-state index in [2.05, 4.69) is 10.6 Å². The smallest absolute Gasteiger partial charge is 0.408 e. The van der Waals surface area contributed by atoms with Gasteiger partial charge in [-0.25, -0.2) is 4.79 Å². The fourth-order valence-electron chi connectivity index (χ4n) is 3.57. The van der Waals surface area contributed by atoms with E-state index in [1.807, 2.05) is 39.0 Å². The van der Waals surface area contributed by atoms with Crippen LogP contribution < -0.4 is 15.4 Å². The van der Waals surface area contributed by atoms with Crippen molar-refractivity contribution < 1.29 is 23.9 Å². The molecule has 2 atom stereocenters. The van der Waals surface area contributed by atoms with Crippen molar-refractivity contribution in [1.29, 1.82) is 0 Å². The lowest BCUT2D eigenvalue weighted by Gasteiger charge is -2.33. The molecular weight excluding hydrogens is 446 g/mol. The Morgan fingerprint density at radius 3 is 2.14 bits per heavy atom. The summed E-state index contributed by atoms with van der Waals surface area (Å²) in [5, 5.41) is 5.56. The highest BCUT2D eigenvalue weighted by Gasteiger charge is 2.35. The van der Waals surface area contributed by atoms with Crippen molar-refractivity contribution in [1.82, 2.24) is 10.2 Å². The van der Waals surface area contributed by atoms with Crippen molar-refractivity contribution in [2.24, 2.45) is 5.92 Å². The van der Waals surface area contributed by atoms with Gasteiger partial charge in [0.15, 0.2) is 0 Å². The first kappa shape index (κ1) is 27.7. The number of likely N-dealkylation sites (N-methyl/N-ethyl adjacent to an activating group) is 1. The first-order chi connectivity index (χ1) is 16.3. The molecule has 0 saturated carbocycles. The van der Waals surface area contributed by atoms with E-state index < -0.39 is 29.7 Å². The van der Waals surface area contributed by atoms with Crippen molar-refractivity contribution in [2.45, 2.75) is 59.2 Å². The Balaban J connectivity index is 2.35. The standard InChI is InChI=1S/C27H37N3O5/c1-17(2)22(29-26(33)35-27(4,5)6)25(32)30(7)23(19-11-9-10-18(3)16-19)24(31)28-20-12-14-21(34-8)15-13-20/h9-17,22-23H,1-8H3,(H,28,31)(H,29,33). The van der Waals surface area contributed by atoms with Crippen LogP contribution in [-0.2, 0) is 14.3 Å². The summed E-state index contributed by atoms with van der Waals surface area (Å²) in [5.74, 6) is -0.350. The number of aryl methyl sites for hydroxylation is 1. The Bertz CT molecular complexity index is 1030. The number of rotatable bonds is 8. The van der Waals surface area contributed by atoms with Gasteiger partial charge in [-0.3, -0.25) is 9.59 Å². The molecule has 2 N–H and O–H groups in total. The third-order valence-electron chi connectivity index (χ3n) is 5.30. The van der Waals surface area contributed by atoms with E-state index >= 15 is 0 Å². The lowest BCUT2D eigenvalue weighted by Crippen LogP contribution is -2.53. The van der Waals surface area contributed by atoms with E-state index in [9.17, 15) is 14.4 Å². The molecule has 0 spiro atoms. The number of alkyl carbamates (subject to hydrolysis) is 1. The lowest BCUT2D eigenvalue weighted by atomic mass is 9.98. The number of carbonyl (C=O) groups is 3. The topological polar surface area (TPSA) is 97.0 Å². The van der Waals surface area contributed by atoms with Crippen LogP contribution in [0, 0.1) is 12.8 Å². The van der Waals surface area contributed by atoms with Gasteiger partial charge in [0, 0.05) is 12.7 Å². The van der Waals surface area contributed by atoms with E-state index in [4.69, 9.17) is 9.47 Å². The summed E-state index contributed by atoms with van der Waals surface area (Å²) in [6.07, 6.45) is -0.687. The van der Waals surface area contributed by atoms with Gasteiger partial charge >= 0.3 is 6.09 Å². The van der Waals surface area contributed by atoms with Crippen molar-refractivity contribution >= 4 is 23.6 Å². The van der Waals surface area contributed by atoms with E-state index in [0.717, 1.165) is 5.56 Å². The fraction of sp³-hybridized carbons (Fsp3) is 0.444. The molecule has 0 radical (unpaired) electrons. The quantitative estimate of drug-likeness (QED) is 0.568. The first-order valence-electron chi connectivity index (χ1n) is 11.6. The van der Waals surface area contributed by atoms with Crippen LogP contribution in [0.2, 0.25) is 0 Å². The summed E-state index contributed by atoms with van der Waals surface area (Å²) in [7, 11) is 3.13. The summed E-state index contributed by atoms with van der Waals surface area (Å²) in [6, 6.07) is 12.6.